The first kappa shape index (κ1) is 13.0. The lowest BCUT2D eigenvalue weighted by molar-refractivity contribution is 0.175. The highest BCUT2D eigenvalue weighted by atomic mass is 16.5. The van der Waals surface area contributed by atoms with Crippen LogP contribution in [-0.2, 0) is 4.74 Å². The summed E-state index contributed by atoms with van der Waals surface area (Å²) < 4.78 is 10.4. The van der Waals surface area contributed by atoms with Crippen LogP contribution in [0.1, 0.15) is 19.3 Å². The number of ether oxygens (including phenoxy) is 2. The fraction of sp³-hybridized carbons (Fsp3) is 0.571. The number of anilines is 2. The Morgan fingerprint density at radius 2 is 2.11 bits per heavy atom. The normalized spacial score (nSPS) is 16.3. The maximum Gasteiger partial charge on any atom is 0.121 e. The summed E-state index contributed by atoms with van der Waals surface area (Å²) >= 11 is 0. The first-order chi connectivity index (χ1) is 8.69. The quantitative estimate of drug-likeness (QED) is 0.730. The van der Waals surface area contributed by atoms with Crippen molar-refractivity contribution in [2.45, 2.75) is 19.3 Å². The molecule has 1 aliphatic carbocycles. The highest BCUT2D eigenvalue weighted by molar-refractivity contribution is 5.68. The van der Waals surface area contributed by atoms with Gasteiger partial charge in [0.05, 0.1) is 18.5 Å². The van der Waals surface area contributed by atoms with E-state index in [0.29, 0.717) is 5.41 Å². The van der Waals surface area contributed by atoms with Gasteiger partial charge >= 0.3 is 0 Å². The zero-order chi connectivity index (χ0) is 13.0. The highest BCUT2D eigenvalue weighted by Crippen LogP contribution is 2.48. The van der Waals surface area contributed by atoms with Gasteiger partial charge in [-0.25, -0.2) is 0 Å². The second kappa shape index (κ2) is 5.48. The average Bonchev–Trinajstić information content (AvgIpc) is 3.16. The van der Waals surface area contributed by atoms with Crippen LogP contribution in [0.2, 0.25) is 0 Å². The van der Waals surface area contributed by atoms with Crippen LogP contribution in [0.3, 0.4) is 0 Å². The fourth-order valence-electron chi connectivity index (χ4n) is 2.11. The maximum absolute atomic E-state index is 5.95. The number of rotatable bonds is 7. The molecule has 18 heavy (non-hydrogen) atoms. The summed E-state index contributed by atoms with van der Waals surface area (Å²) in [6, 6.07) is 5.69. The number of nitrogens with one attached hydrogen (secondary N) is 1. The molecule has 3 N–H and O–H groups in total. The van der Waals surface area contributed by atoms with Crippen molar-refractivity contribution in [3.05, 3.63) is 18.2 Å². The summed E-state index contributed by atoms with van der Waals surface area (Å²) in [7, 11) is 3.42. The minimum atomic E-state index is 0.408. The molecule has 4 nitrogen and oxygen atoms in total. The van der Waals surface area contributed by atoms with E-state index < -0.39 is 0 Å². The molecule has 0 radical (unpaired) electrons. The Bertz CT molecular complexity index is 403. The first-order valence-electron chi connectivity index (χ1n) is 6.35. The van der Waals surface area contributed by atoms with Crippen LogP contribution in [-0.4, -0.2) is 27.4 Å². The van der Waals surface area contributed by atoms with Gasteiger partial charge in [0.1, 0.15) is 5.75 Å². The Hall–Kier alpha value is -1.42. The molecule has 0 heterocycles. The van der Waals surface area contributed by atoms with E-state index in [1.807, 2.05) is 18.2 Å². The number of methoxy groups -OCH3 is 2. The summed E-state index contributed by atoms with van der Waals surface area (Å²) in [5, 5.41) is 3.44. The fourth-order valence-corrected chi connectivity index (χ4v) is 2.11. The van der Waals surface area contributed by atoms with Crippen molar-refractivity contribution < 1.29 is 9.47 Å². The molecule has 0 saturated heterocycles. The van der Waals surface area contributed by atoms with E-state index in [0.717, 1.165) is 36.7 Å². The van der Waals surface area contributed by atoms with Crippen molar-refractivity contribution in [3.8, 4) is 5.75 Å². The Balaban J connectivity index is 1.93. The summed E-state index contributed by atoms with van der Waals surface area (Å²) in [5.74, 6) is 0.827. The zero-order valence-corrected chi connectivity index (χ0v) is 11.2. The lowest BCUT2D eigenvalue weighted by atomic mass is 10.0. The average molecular weight is 250 g/mol. The van der Waals surface area contributed by atoms with E-state index >= 15 is 0 Å². The van der Waals surface area contributed by atoms with E-state index in [-0.39, 0.29) is 0 Å². The molecule has 0 amide bonds. The Kier molecular flexibility index (Phi) is 3.97. The molecule has 1 fully saturated rings. The minimum Gasteiger partial charge on any atom is -0.497 e. The van der Waals surface area contributed by atoms with Crippen LogP contribution >= 0.6 is 0 Å². The Morgan fingerprint density at radius 3 is 2.72 bits per heavy atom. The molecular formula is C14H22N2O2. The van der Waals surface area contributed by atoms with Gasteiger partial charge in [0.15, 0.2) is 0 Å². The van der Waals surface area contributed by atoms with Gasteiger partial charge in [-0.05, 0) is 36.8 Å². The smallest absolute Gasteiger partial charge is 0.121 e. The number of benzene rings is 1. The van der Waals surface area contributed by atoms with Crippen LogP contribution in [0.4, 0.5) is 11.4 Å². The number of nitrogen functional groups attached to an aromatic ring is 1. The molecule has 0 atom stereocenters. The molecule has 2 rings (SSSR count). The molecule has 4 heteroatoms. The largest absolute Gasteiger partial charge is 0.497 e. The van der Waals surface area contributed by atoms with Crippen molar-refractivity contribution >= 4 is 11.4 Å². The summed E-state index contributed by atoms with van der Waals surface area (Å²) in [5.41, 5.74) is 8.08. The van der Waals surface area contributed by atoms with Crippen molar-refractivity contribution in [1.82, 2.24) is 0 Å². The molecule has 0 aliphatic heterocycles. The van der Waals surface area contributed by atoms with E-state index in [1.165, 1.54) is 12.8 Å². The highest BCUT2D eigenvalue weighted by Gasteiger charge is 2.41. The van der Waals surface area contributed by atoms with Crippen molar-refractivity contribution in [2.75, 3.05) is 38.4 Å². The molecule has 1 aromatic rings. The molecule has 0 bridgehead atoms. The van der Waals surface area contributed by atoms with Crippen LogP contribution in [0.5, 0.6) is 5.75 Å². The van der Waals surface area contributed by atoms with Gasteiger partial charge in [-0.1, -0.05) is 0 Å². The van der Waals surface area contributed by atoms with Gasteiger partial charge in [-0.3, -0.25) is 0 Å². The first-order valence-corrected chi connectivity index (χ1v) is 6.35. The number of hydrogen-bond donors (Lipinski definition) is 2. The standard InChI is InChI=1S/C14H22N2O2/c1-17-8-7-14(5-6-14)10-16-13-9-11(18-2)3-4-12(13)15/h3-4,9,16H,5-8,10,15H2,1-2H3. The predicted molar refractivity (Wildman–Crippen MR) is 74.1 cm³/mol. The van der Waals surface area contributed by atoms with E-state index in [1.54, 1.807) is 14.2 Å². The second-order valence-electron chi connectivity index (χ2n) is 5.05. The van der Waals surface area contributed by atoms with E-state index in [9.17, 15) is 0 Å². The van der Waals surface area contributed by atoms with Gasteiger partial charge in [0.2, 0.25) is 0 Å². The minimum absolute atomic E-state index is 0.408. The molecule has 1 aliphatic rings. The van der Waals surface area contributed by atoms with Gasteiger partial charge in [-0.15, -0.1) is 0 Å². The summed E-state index contributed by atoms with van der Waals surface area (Å²) in [6.45, 7) is 1.78. The monoisotopic (exact) mass is 250 g/mol. The van der Waals surface area contributed by atoms with Crippen LogP contribution in [0.25, 0.3) is 0 Å². The van der Waals surface area contributed by atoms with Crippen molar-refractivity contribution in [1.29, 1.82) is 0 Å². The van der Waals surface area contributed by atoms with Gasteiger partial charge in [0.25, 0.3) is 0 Å². The lowest BCUT2D eigenvalue weighted by Gasteiger charge is -2.17. The van der Waals surface area contributed by atoms with Crippen LogP contribution < -0.4 is 15.8 Å². The number of nitrogens with two attached hydrogens (primary N) is 1. The maximum atomic E-state index is 5.95. The third-order valence-electron chi connectivity index (χ3n) is 3.71. The predicted octanol–water partition coefficient (Wildman–Crippen LogP) is 2.51. The third-order valence-corrected chi connectivity index (χ3v) is 3.71. The van der Waals surface area contributed by atoms with E-state index in [2.05, 4.69) is 5.32 Å². The molecular weight excluding hydrogens is 228 g/mol. The van der Waals surface area contributed by atoms with Gasteiger partial charge in [0, 0.05) is 26.3 Å². The molecule has 0 aromatic heterocycles. The van der Waals surface area contributed by atoms with Gasteiger partial charge in [-0.2, -0.15) is 0 Å². The molecule has 0 spiro atoms. The van der Waals surface area contributed by atoms with Crippen LogP contribution in [0, 0.1) is 5.41 Å². The second-order valence-corrected chi connectivity index (χ2v) is 5.05. The number of hydrogen-bond acceptors (Lipinski definition) is 4. The molecule has 0 unspecified atom stereocenters. The molecule has 1 aromatic carbocycles. The van der Waals surface area contributed by atoms with Crippen LogP contribution in [0.15, 0.2) is 18.2 Å². The summed E-state index contributed by atoms with van der Waals surface area (Å²) in [4.78, 5) is 0. The Morgan fingerprint density at radius 1 is 1.33 bits per heavy atom. The van der Waals surface area contributed by atoms with Gasteiger partial charge < -0.3 is 20.5 Å². The SMILES string of the molecule is COCCC1(CNc2cc(OC)ccc2N)CC1. The third kappa shape index (κ3) is 3.07. The lowest BCUT2D eigenvalue weighted by Crippen LogP contribution is -2.17. The molecule has 1 saturated carbocycles. The van der Waals surface area contributed by atoms with Crippen molar-refractivity contribution in [3.63, 3.8) is 0 Å². The zero-order valence-electron chi connectivity index (χ0n) is 11.2. The molecule has 100 valence electrons. The topological polar surface area (TPSA) is 56.5 Å². The Labute approximate surface area is 108 Å². The van der Waals surface area contributed by atoms with Crippen molar-refractivity contribution in [2.24, 2.45) is 5.41 Å². The van der Waals surface area contributed by atoms with E-state index in [4.69, 9.17) is 15.2 Å². The summed E-state index contributed by atoms with van der Waals surface area (Å²) in [6.07, 6.45) is 3.65.